The number of carbonyl (C=O) groups excluding carboxylic acids is 3. The van der Waals surface area contributed by atoms with Gasteiger partial charge in [0.2, 0.25) is 5.91 Å². The molecular weight excluding hydrogens is 396 g/mol. The first kappa shape index (κ1) is 21.0. The van der Waals surface area contributed by atoms with Crippen molar-refractivity contribution in [2.24, 2.45) is 0 Å². The molecule has 0 radical (unpaired) electrons. The van der Waals surface area contributed by atoms with Crippen LogP contribution in [0.25, 0.3) is 0 Å². The normalized spacial score (nSPS) is 16.7. The molecule has 2 aliphatic rings. The number of piperazine rings is 1. The van der Waals surface area contributed by atoms with Crippen LogP contribution in [-0.4, -0.2) is 65.3 Å². The van der Waals surface area contributed by atoms with Crippen LogP contribution in [-0.2, 0) is 11.3 Å². The van der Waals surface area contributed by atoms with Crippen LogP contribution in [0.4, 0.5) is 10.5 Å². The summed E-state index contributed by atoms with van der Waals surface area (Å²) < 4.78 is 5.46. The molecule has 2 aliphatic heterocycles. The number of rotatable bonds is 4. The highest BCUT2D eigenvalue weighted by Gasteiger charge is 2.27. The molecule has 1 N–H and O–H groups in total. The van der Waals surface area contributed by atoms with E-state index in [1.54, 1.807) is 22.8 Å². The van der Waals surface area contributed by atoms with Gasteiger partial charge in [0.05, 0.1) is 5.56 Å². The number of likely N-dealkylation sites (tertiary alicyclic amines) is 1. The summed E-state index contributed by atoms with van der Waals surface area (Å²) in [5.74, 6) is 1.49. The second kappa shape index (κ2) is 8.83. The van der Waals surface area contributed by atoms with Crippen LogP contribution in [0.2, 0.25) is 0 Å². The minimum atomic E-state index is -0.176. The van der Waals surface area contributed by atoms with Gasteiger partial charge in [0, 0.05) is 51.4 Å². The van der Waals surface area contributed by atoms with E-state index in [0.29, 0.717) is 56.2 Å². The van der Waals surface area contributed by atoms with Gasteiger partial charge < -0.3 is 24.4 Å². The predicted molar refractivity (Wildman–Crippen MR) is 116 cm³/mol. The van der Waals surface area contributed by atoms with Gasteiger partial charge >= 0.3 is 6.03 Å². The molecule has 8 heteroatoms. The summed E-state index contributed by atoms with van der Waals surface area (Å²) in [7, 11) is 0. The lowest BCUT2D eigenvalue weighted by Crippen LogP contribution is -2.51. The number of amides is 4. The maximum atomic E-state index is 12.7. The van der Waals surface area contributed by atoms with Crippen LogP contribution in [0.1, 0.15) is 40.3 Å². The number of carbonyl (C=O) groups is 3. The van der Waals surface area contributed by atoms with Crippen LogP contribution in [0.5, 0.6) is 0 Å². The van der Waals surface area contributed by atoms with Crippen molar-refractivity contribution in [2.45, 2.75) is 33.2 Å². The third kappa shape index (κ3) is 4.73. The molecule has 1 aromatic carbocycles. The van der Waals surface area contributed by atoms with Gasteiger partial charge in [-0.2, -0.15) is 0 Å². The van der Waals surface area contributed by atoms with Crippen molar-refractivity contribution in [3.05, 3.63) is 53.0 Å². The van der Waals surface area contributed by atoms with Crippen LogP contribution in [0.3, 0.4) is 0 Å². The average Bonchev–Trinajstić information content (AvgIpc) is 3.32. The summed E-state index contributed by atoms with van der Waals surface area (Å²) in [5, 5.41) is 2.92. The number of nitrogens with zero attached hydrogens (tertiary/aromatic N) is 3. The van der Waals surface area contributed by atoms with Crippen LogP contribution in [0.15, 0.2) is 34.7 Å². The molecule has 0 bridgehead atoms. The largest absolute Gasteiger partial charge is 0.466 e. The molecule has 0 unspecified atom stereocenters. The highest BCUT2D eigenvalue weighted by molar-refractivity contribution is 5.95. The highest BCUT2D eigenvalue weighted by atomic mass is 16.3. The molecule has 1 aromatic heterocycles. The first-order valence-corrected chi connectivity index (χ1v) is 10.7. The van der Waals surface area contributed by atoms with E-state index in [2.05, 4.69) is 5.32 Å². The molecule has 4 amide bonds. The predicted octanol–water partition coefficient (Wildman–Crippen LogP) is 3.01. The van der Waals surface area contributed by atoms with Gasteiger partial charge in [-0.05, 0) is 44.0 Å². The van der Waals surface area contributed by atoms with Gasteiger partial charge in [-0.1, -0.05) is 12.1 Å². The van der Waals surface area contributed by atoms with Crippen molar-refractivity contribution in [3.63, 3.8) is 0 Å². The molecule has 2 saturated heterocycles. The second-order valence-electron chi connectivity index (χ2n) is 8.15. The Bertz CT molecular complexity index is 974. The lowest BCUT2D eigenvalue weighted by atomic mass is 10.2. The van der Waals surface area contributed by atoms with E-state index in [0.717, 1.165) is 24.3 Å². The highest BCUT2D eigenvalue weighted by Crippen LogP contribution is 2.19. The van der Waals surface area contributed by atoms with Gasteiger partial charge in [0.1, 0.15) is 11.5 Å². The zero-order valence-electron chi connectivity index (χ0n) is 18.0. The summed E-state index contributed by atoms with van der Waals surface area (Å²) >= 11 is 0. The van der Waals surface area contributed by atoms with E-state index in [1.165, 1.54) is 0 Å². The molecule has 3 heterocycles. The van der Waals surface area contributed by atoms with Crippen molar-refractivity contribution in [2.75, 3.05) is 38.0 Å². The molecule has 31 heavy (non-hydrogen) atoms. The van der Waals surface area contributed by atoms with Gasteiger partial charge in [-0.3, -0.25) is 9.59 Å². The average molecular weight is 425 g/mol. The third-order valence-electron chi connectivity index (χ3n) is 5.88. The van der Waals surface area contributed by atoms with E-state index < -0.39 is 0 Å². The number of nitrogens with one attached hydrogen (secondary N) is 1. The fraction of sp³-hybridized carbons (Fsp3) is 0.435. The number of urea groups is 1. The molecule has 8 nitrogen and oxygen atoms in total. The lowest BCUT2D eigenvalue weighted by Gasteiger charge is -2.34. The second-order valence-corrected chi connectivity index (χ2v) is 8.15. The third-order valence-corrected chi connectivity index (χ3v) is 5.88. The van der Waals surface area contributed by atoms with Crippen molar-refractivity contribution < 1.29 is 18.8 Å². The molecule has 0 saturated carbocycles. The maximum Gasteiger partial charge on any atom is 0.321 e. The fourth-order valence-corrected chi connectivity index (χ4v) is 4.11. The van der Waals surface area contributed by atoms with Gasteiger partial charge in [-0.15, -0.1) is 0 Å². The van der Waals surface area contributed by atoms with E-state index >= 15 is 0 Å². The first-order chi connectivity index (χ1) is 14.9. The first-order valence-electron chi connectivity index (χ1n) is 10.7. The molecule has 4 rings (SSSR count). The van der Waals surface area contributed by atoms with Crippen LogP contribution in [0, 0.1) is 13.8 Å². The Balaban J connectivity index is 1.27. The zero-order chi connectivity index (χ0) is 22.0. The van der Waals surface area contributed by atoms with Crippen molar-refractivity contribution in [1.29, 1.82) is 0 Å². The molecule has 0 atom stereocenters. The van der Waals surface area contributed by atoms with Gasteiger partial charge in [0.15, 0.2) is 0 Å². The molecule has 2 aromatic rings. The summed E-state index contributed by atoms with van der Waals surface area (Å²) in [6.07, 6.45) is 1.56. The number of anilines is 1. The van der Waals surface area contributed by atoms with Gasteiger partial charge in [0.25, 0.3) is 5.91 Å². The Kier molecular flexibility index (Phi) is 5.97. The Hall–Kier alpha value is -3.29. The molecule has 0 spiro atoms. The summed E-state index contributed by atoms with van der Waals surface area (Å²) in [5.41, 5.74) is 2.35. The minimum Gasteiger partial charge on any atom is -0.466 e. The maximum absolute atomic E-state index is 12.7. The lowest BCUT2D eigenvalue weighted by molar-refractivity contribution is -0.128. The molecule has 0 aliphatic carbocycles. The Morgan fingerprint density at radius 1 is 1.00 bits per heavy atom. The standard InChI is InChI=1S/C23H28N4O4/c1-16-14-20(17(2)31-16)22(29)25-10-12-26(13-11-25)23(30)24-19-7-5-18(6-8-19)15-27-9-3-4-21(27)28/h5-8,14H,3-4,9-13,15H2,1-2H3,(H,24,30). The topological polar surface area (TPSA) is 86.1 Å². The van der Waals surface area contributed by atoms with Crippen molar-refractivity contribution >= 4 is 23.5 Å². The number of hydrogen-bond acceptors (Lipinski definition) is 4. The fourth-order valence-electron chi connectivity index (χ4n) is 4.11. The number of benzene rings is 1. The SMILES string of the molecule is Cc1cc(C(=O)N2CCN(C(=O)Nc3ccc(CN4CCCC4=O)cc3)CC2)c(C)o1. The molecular formula is C23H28N4O4. The van der Waals surface area contributed by atoms with Crippen molar-refractivity contribution in [3.8, 4) is 0 Å². The summed E-state index contributed by atoms with van der Waals surface area (Å²) in [6.45, 7) is 6.95. The quantitative estimate of drug-likeness (QED) is 0.818. The Morgan fingerprint density at radius 3 is 2.26 bits per heavy atom. The molecule has 164 valence electrons. The Morgan fingerprint density at radius 2 is 1.68 bits per heavy atom. The number of hydrogen-bond donors (Lipinski definition) is 1. The Labute approximate surface area is 181 Å². The number of aryl methyl sites for hydroxylation is 2. The minimum absolute atomic E-state index is 0.0542. The van der Waals surface area contributed by atoms with E-state index in [9.17, 15) is 14.4 Å². The summed E-state index contributed by atoms with van der Waals surface area (Å²) in [4.78, 5) is 42.4. The molecule has 2 fully saturated rings. The monoisotopic (exact) mass is 424 g/mol. The van der Waals surface area contributed by atoms with Crippen molar-refractivity contribution in [1.82, 2.24) is 14.7 Å². The van der Waals surface area contributed by atoms with Gasteiger partial charge in [-0.25, -0.2) is 4.79 Å². The summed E-state index contributed by atoms with van der Waals surface area (Å²) in [6, 6.07) is 9.18. The smallest absolute Gasteiger partial charge is 0.321 e. The number of furan rings is 1. The van der Waals surface area contributed by atoms with E-state index in [-0.39, 0.29) is 17.8 Å². The van der Waals surface area contributed by atoms with Crippen LogP contribution >= 0.6 is 0 Å². The van der Waals surface area contributed by atoms with Crippen LogP contribution < -0.4 is 5.32 Å². The zero-order valence-corrected chi connectivity index (χ0v) is 18.0. The van der Waals surface area contributed by atoms with E-state index in [4.69, 9.17) is 4.42 Å². The van der Waals surface area contributed by atoms with E-state index in [1.807, 2.05) is 36.1 Å².